The minimum Gasteiger partial charge on any atom is -0.319 e. The van der Waals surface area contributed by atoms with E-state index < -0.39 is 0 Å². The summed E-state index contributed by atoms with van der Waals surface area (Å²) in [6, 6.07) is 10.7. The summed E-state index contributed by atoms with van der Waals surface area (Å²) in [6.07, 6.45) is 5.95. The van der Waals surface area contributed by atoms with Gasteiger partial charge in [0.25, 0.3) is 0 Å². The Morgan fingerprint density at radius 2 is 2.00 bits per heavy atom. The Morgan fingerprint density at radius 3 is 2.69 bits per heavy atom. The maximum atomic E-state index is 3.11. The molecule has 0 unspecified atom stereocenters. The van der Waals surface area contributed by atoms with Gasteiger partial charge in [-0.25, -0.2) is 0 Å². The third kappa shape index (κ3) is 4.69. The minimum absolute atomic E-state index is 1.02. The summed E-state index contributed by atoms with van der Waals surface area (Å²) < 4.78 is 0. The van der Waals surface area contributed by atoms with E-state index >= 15 is 0 Å². The Hall–Kier alpha value is -0.820. The second-order valence-electron chi connectivity index (χ2n) is 3.22. The molecule has 1 heteroatoms. The van der Waals surface area contributed by atoms with Crippen molar-refractivity contribution in [1.29, 1.82) is 0 Å². The molecule has 1 nitrogen and oxygen atoms in total. The summed E-state index contributed by atoms with van der Waals surface area (Å²) in [7, 11) is 1.98. The lowest BCUT2D eigenvalue weighted by Gasteiger charge is -2.00. The van der Waals surface area contributed by atoms with Crippen molar-refractivity contribution in [2.75, 3.05) is 13.6 Å². The van der Waals surface area contributed by atoms with Crippen molar-refractivity contribution >= 4 is 0 Å². The Labute approximate surface area is 81.2 Å². The zero-order valence-electron chi connectivity index (χ0n) is 8.29. The summed E-state index contributed by atoms with van der Waals surface area (Å²) >= 11 is 0. The number of nitrogens with one attached hydrogen (secondary N) is 1. The SMILES string of the molecule is CNC[CH]CCCc1ccccc1. The largest absolute Gasteiger partial charge is 0.319 e. The fourth-order valence-corrected chi connectivity index (χ4v) is 1.34. The van der Waals surface area contributed by atoms with Crippen molar-refractivity contribution in [2.45, 2.75) is 19.3 Å². The van der Waals surface area contributed by atoms with Crippen molar-refractivity contribution in [3.05, 3.63) is 42.3 Å². The van der Waals surface area contributed by atoms with Crippen LogP contribution in [0.15, 0.2) is 30.3 Å². The Morgan fingerprint density at radius 1 is 1.23 bits per heavy atom. The highest BCUT2D eigenvalue weighted by Gasteiger charge is 1.91. The highest BCUT2D eigenvalue weighted by Crippen LogP contribution is 2.04. The second-order valence-corrected chi connectivity index (χ2v) is 3.22. The zero-order valence-corrected chi connectivity index (χ0v) is 8.29. The summed E-state index contributed by atoms with van der Waals surface area (Å²) in [6.45, 7) is 1.02. The number of hydrogen-bond donors (Lipinski definition) is 1. The average Bonchev–Trinajstić information content (AvgIpc) is 2.19. The summed E-state index contributed by atoms with van der Waals surface area (Å²) in [5.74, 6) is 0. The molecule has 0 aliphatic rings. The van der Waals surface area contributed by atoms with E-state index in [2.05, 4.69) is 42.1 Å². The van der Waals surface area contributed by atoms with Crippen molar-refractivity contribution < 1.29 is 0 Å². The number of rotatable bonds is 6. The summed E-state index contributed by atoms with van der Waals surface area (Å²) in [5, 5.41) is 3.11. The molecule has 71 valence electrons. The van der Waals surface area contributed by atoms with E-state index in [1.807, 2.05) is 7.05 Å². The predicted octanol–water partition coefficient (Wildman–Crippen LogP) is 2.43. The van der Waals surface area contributed by atoms with Gasteiger partial charge in [0.1, 0.15) is 0 Å². The Bertz CT molecular complexity index is 206. The van der Waals surface area contributed by atoms with Crippen LogP contribution < -0.4 is 5.32 Å². The van der Waals surface area contributed by atoms with Gasteiger partial charge < -0.3 is 5.32 Å². The van der Waals surface area contributed by atoms with Crippen molar-refractivity contribution in [2.24, 2.45) is 0 Å². The van der Waals surface area contributed by atoms with Crippen LogP contribution in [0.1, 0.15) is 18.4 Å². The molecule has 0 amide bonds. The zero-order chi connectivity index (χ0) is 9.36. The van der Waals surface area contributed by atoms with Gasteiger partial charge in [0.05, 0.1) is 0 Å². The molecule has 1 N–H and O–H groups in total. The van der Waals surface area contributed by atoms with Crippen LogP contribution in [-0.2, 0) is 6.42 Å². The van der Waals surface area contributed by atoms with E-state index in [4.69, 9.17) is 0 Å². The standard InChI is InChI=1S/C12H18N/c1-13-11-7-3-6-10-12-8-4-2-5-9-12/h2,4-5,7-9,13H,3,6,10-11H2,1H3. The van der Waals surface area contributed by atoms with Crippen LogP contribution in [0.25, 0.3) is 0 Å². The molecule has 0 atom stereocenters. The number of benzene rings is 1. The van der Waals surface area contributed by atoms with E-state index in [-0.39, 0.29) is 0 Å². The highest BCUT2D eigenvalue weighted by molar-refractivity contribution is 5.14. The van der Waals surface area contributed by atoms with E-state index in [1.54, 1.807) is 0 Å². The third-order valence-corrected chi connectivity index (χ3v) is 2.06. The van der Waals surface area contributed by atoms with E-state index in [1.165, 1.54) is 24.8 Å². The summed E-state index contributed by atoms with van der Waals surface area (Å²) in [5.41, 5.74) is 1.44. The molecular weight excluding hydrogens is 158 g/mol. The van der Waals surface area contributed by atoms with Gasteiger partial charge in [-0.2, -0.15) is 0 Å². The van der Waals surface area contributed by atoms with E-state index in [9.17, 15) is 0 Å². The first-order chi connectivity index (χ1) is 6.43. The van der Waals surface area contributed by atoms with E-state index in [0.717, 1.165) is 6.54 Å². The van der Waals surface area contributed by atoms with Crippen LogP contribution in [0.4, 0.5) is 0 Å². The van der Waals surface area contributed by atoms with Gasteiger partial charge in [-0.1, -0.05) is 30.3 Å². The van der Waals surface area contributed by atoms with Crippen LogP contribution in [0.2, 0.25) is 0 Å². The molecule has 1 aromatic rings. The van der Waals surface area contributed by atoms with Gasteiger partial charge in [0, 0.05) is 0 Å². The molecule has 0 aromatic heterocycles. The molecule has 0 aliphatic carbocycles. The maximum absolute atomic E-state index is 3.11. The highest BCUT2D eigenvalue weighted by atomic mass is 14.8. The molecule has 0 saturated heterocycles. The lowest BCUT2D eigenvalue weighted by molar-refractivity contribution is 0.753. The fourth-order valence-electron chi connectivity index (χ4n) is 1.34. The Balaban J connectivity index is 2.07. The second kappa shape index (κ2) is 6.67. The van der Waals surface area contributed by atoms with Crippen molar-refractivity contribution in [3.8, 4) is 0 Å². The topological polar surface area (TPSA) is 12.0 Å². The normalized spacial score (nSPS) is 10.2. The molecule has 13 heavy (non-hydrogen) atoms. The molecular formula is C12H18N. The smallest absolute Gasteiger partial charge is 0.00204 e. The van der Waals surface area contributed by atoms with Crippen LogP contribution in [0.3, 0.4) is 0 Å². The van der Waals surface area contributed by atoms with Crippen molar-refractivity contribution in [3.63, 3.8) is 0 Å². The van der Waals surface area contributed by atoms with E-state index in [0.29, 0.717) is 0 Å². The monoisotopic (exact) mass is 176 g/mol. The van der Waals surface area contributed by atoms with Gasteiger partial charge in [0.2, 0.25) is 0 Å². The van der Waals surface area contributed by atoms with Gasteiger partial charge in [-0.05, 0) is 44.8 Å². The molecule has 0 heterocycles. The van der Waals surface area contributed by atoms with Crippen LogP contribution in [0.5, 0.6) is 0 Å². The van der Waals surface area contributed by atoms with Crippen LogP contribution >= 0.6 is 0 Å². The lowest BCUT2D eigenvalue weighted by Crippen LogP contribution is -2.07. The molecule has 0 spiro atoms. The first kappa shape index (κ1) is 10.3. The fraction of sp³-hybridized carbons (Fsp3) is 0.417. The molecule has 0 aliphatic heterocycles. The van der Waals surface area contributed by atoms with Crippen LogP contribution in [-0.4, -0.2) is 13.6 Å². The molecule has 1 aromatic carbocycles. The third-order valence-electron chi connectivity index (χ3n) is 2.06. The van der Waals surface area contributed by atoms with Gasteiger partial charge in [0.15, 0.2) is 0 Å². The minimum atomic E-state index is 1.02. The van der Waals surface area contributed by atoms with Crippen molar-refractivity contribution in [1.82, 2.24) is 5.32 Å². The molecule has 0 bridgehead atoms. The molecule has 0 fully saturated rings. The molecule has 1 rings (SSSR count). The number of unbranched alkanes of at least 4 members (excludes halogenated alkanes) is 2. The maximum Gasteiger partial charge on any atom is -0.00204 e. The lowest BCUT2D eigenvalue weighted by atomic mass is 10.1. The summed E-state index contributed by atoms with van der Waals surface area (Å²) in [4.78, 5) is 0. The molecule has 0 saturated carbocycles. The molecule has 1 radical (unpaired) electrons. The first-order valence-electron chi connectivity index (χ1n) is 4.93. The van der Waals surface area contributed by atoms with Gasteiger partial charge >= 0.3 is 0 Å². The number of hydrogen-bond acceptors (Lipinski definition) is 1. The predicted molar refractivity (Wildman–Crippen MR) is 57.6 cm³/mol. The average molecular weight is 176 g/mol. The first-order valence-corrected chi connectivity index (χ1v) is 4.93. The van der Waals surface area contributed by atoms with Gasteiger partial charge in [-0.15, -0.1) is 0 Å². The quantitative estimate of drug-likeness (QED) is 0.656. The van der Waals surface area contributed by atoms with Gasteiger partial charge in [-0.3, -0.25) is 0 Å². The number of aryl methyl sites for hydroxylation is 1. The van der Waals surface area contributed by atoms with Crippen LogP contribution in [0, 0.1) is 6.42 Å². The Kier molecular flexibility index (Phi) is 5.27.